The summed E-state index contributed by atoms with van der Waals surface area (Å²) >= 11 is 0. The zero-order valence-electron chi connectivity index (χ0n) is 11.3. The monoisotopic (exact) mass is 273 g/mol. The third-order valence-corrected chi connectivity index (χ3v) is 3.13. The lowest BCUT2D eigenvalue weighted by molar-refractivity contribution is -0.139. The third kappa shape index (κ3) is 2.30. The Morgan fingerprint density at radius 1 is 1.65 bits per heavy atom. The largest absolute Gasteiger partial charge is 0.469 e. The number of esters is 1. The molecule has 0 saturated carbocycles. The summed E-state index contributed by atoms with van der Waals surface area (Å²) in [5.41, 5.74) is 6.59. The Hall–Kier alpha value is -2.55. The number of aliphatic imine (C=N–C) groups is 1. The van der Waals surface area contributed by atoms with Crippen molar-refractivity contribution in [1.29, 1.82) is 5.26 Å². The number of carbonyl (C=O) groups is 1. The van der Waals surface area contributed by atoms with Gasteiger partial charge in [0.25, 0.3) is 0 Å². The Labute approximate surface area is 116 Å². The summed E-state index contributed by atoms with van der Waals surface area (Å²) in [4.78, 5) is 16.2. The standard InChI is InChI=1S/C14H15N3O3/c1-3-19-14(18)11-8(2)17-13(16)9(7-15)12(11)10-5-4-6-20-10/h4-6,9,12H,3H2,1-2H3,(H2,16,17)/t9?,12-/m0/s1. The van der Waals surface area contributed by atoms with Crippen molar-refractivity contribution in [3.05, 3.63) is 35.4 Å². The Morgan fingerprint density at radius 2 is 2.40 bits per heavy atom. The van der Waals surface area contributed by atoms with E-state index in [-0.39, 0.29) is 12.4 Å². The van der Waals surface area contributed by atoms with E-state index in [1.54, 1.807) is 26.0 Å². The second-order valence-electron chi connectivity index (χ2n) is 4.36. The Kier molecular flexibility index (Phi) is 3.89. The Bertz CT molecular complexity index is 608. The van der Waals surface area contributed by atoms with E-state index >= 15 is 0 Å². The first kappa shape index (κ1) is 13.9. The fourth-order valence-corrected chi connectivity index (χ4v) is 2.28. The molecule has 6 nitrogen and oxygen atoms in total. The zero-order valence-corrected chi connectivity index (χ0v) is 11.3. The van der Waals surface area contributed by atoms with Gasteiger partial charge in [-0.05, 0) is 26.0 Å². The molecule has 1 aromatic heterocycles. The van der Waals surface area contributed by atoms with Gasteiger partial charge in [0.2, 0.25) is 0 Å². The van der Waals surface area contributed by atoms with Gasteiger partial charge in [0, 0.05) is 0 Å². The summed E-state index contributed by atoms with van der Waals surface area (Å²) in [7, 11) is 0. The van der Waals surface area contributed by atoms with Gasteiger partial charge in [0.1, 0.15) is 17.5 Å². The van der Waals surface area contributed by atoms with Crippen molar-refractivity contribution in [2.45, 2.75) is 19.8 Å². The molecule has 2 N–H and O–H groups in total. The minimum absolute atomic E-state index is 0.180. The molecule has 2 rings (SSSR count). The van der Waals surface area contributed by atoms with Gasteiger partial charge in [-0.25, -0.2) is 9.79 Å². The molecule has 0 spiro atoms. The number of amidine groups is 1. The van der Waals surface area contributed by atoms with Crippen LogP contribution in [-0.4, -0.2) is 18.4 Å². The number of nitriles is 1. The second-order valence-corrected chi connectivity index (χ2v) is 4.36. The van der Waals surface area contributed by atoms with Gasteiger partial charge < -0.3 is 14.9 Å². The highest BCUT2D eigenvalue weighted by atomic mass is 16.5. The van der Waals surface area contributed by atoms with E-state index in [4.69, 9.17) is 14.9 Å². The molecule has 104 valence electrons. The molecule has 0 aromatic carbocycles. The maximum Gasteiger partial charge on any atom is 0.336 e. The van der Waals surface area contributed by atoms with E-state index in [2.05, 4.69) is 11.1 Å². The number of nitrogens with zero attached hydrogens (tertiary/aromatic N) is 2. The molecular formula is C14H15N3O3. The van der Waals surface area contributed by atoms with Crippen molar-refractivity contribution in [3.63, 3.8) is 0 Å². The highest BCUT2D eigenvalue weighted by Crippen LogP contribution is 2.38. The van der Waals surface area contributed by atoms with Gasteiger partial charge in [-0.2, -0.15) is 5.26 Å². The van der Waals surface area contributed by atoms with Crippen LogP contribution in [0.25, 0.3) is 0 Å². The summed E-state index contributed by atoms with van der Waals surface area (Å²) in [6.45, 7) is 3.64. The van der Waals surface area contributed by atoms with Gasteiger partial charge in [-0.15, -0.1) is 0 Å². The first-order chi connectivity index (χ1) is 9.60. The number of nitrogens with two attached hydrogens (primary N) is 1. The van der Waals surface area contributed by atoms with Crippen LogP contribution in [0.3, 0.4) is 0 Å². The number of carbonyl (C=O) groups excluding carboxylic acids is 1. The fourth-order valence-electron chi connectivity index (χ4n) is 2.28. The van der Waals surface area contributed by atoms with Crippen molar-refractivity contribution in [3.8, 4) is 6.07 Å². The minimum Gasteiger partial charge on any atom is -0.469 e. The van der Waals surface area contributed by atoms with E-state index < -0.39 is 17.8 Å². The third-order valence-electron chi connectivity index (χ3n) is 3.13. The molecule has 1 aliphatic heterocycles. The van der Waals surface area contributed by atoms with E-state index in [0.717, 1.165) is 0 Å². The van der Waals surface area contributed by atoms with E-state index in [1.165, 1.54) is 6.26 Å². The van der Waals surface area contributed by atoms with Crippen LogP contribution < -0.4 is 5.73 Å². The summed E-state index contributed by atoms with van der Waals surface area (Å²) in [6.07, 6.45) is 1.49. The molecule has 0 fully saturated rings. The summed E-state index contributed by atoms with van der Waals surface area (Å²) in [5, 5.41) is 9.32. The minimum atomic E-state index is -0.746. The van der Waals surface area contributed by atoms with Crippen LogP contribution in [0.4, 0.5) is 0 Å². The van der Waals surface area contributed by atoms with Gasteiger partial charge >= 0.3 is 5.97 Å². The summed E-state index contributed by atoms with van der Waals surface area (Å²) in [5.74, 6) is -1.16. The van der Waals surface area contributed by atoms with Crippen molar-refractivity contribution in [1.82, 2.24) is 0 Å². The SMILES string of the molecule is CCOC(=O)C1=C(C)N=C(N)C(C#N)[C@H]1c1ccco1. The second kappa shape index (κ2) is 5.61. The number of rotatable bonds is 3. The van der Waals surface area contributed by atoms with Crippen LogP contribution in [0.15, 0.2) is 39.1 Å². The molecule has 1 aliphatic rings. The van der Waals surface area contributed by atoms with E-state index in [1.807, 2.05) is 0 Å². The molecule has 1 unspecified atom stereocenters. The molecule has 2 heterocycles. The topological polar surface area (TPSA) is 102 Å². The van der Waals surface area contributed by atoms with Gasteiger partial charge in [0.05, 0.1) is 36.1 Å². The number of hydrogen-bond acceptors (Lipinski definition) is 6. The van der Waals surface area contributed by atoms with Gasteiger partial charge in [-0.3, -0.25) is 0 Å². The van der Waals surface area contributed by atoms with E-state index in [0.29, 0.717) is 17.0 Å². The highest BCUT2D eigenvalue weighted by Gasteiger charge is 2.40. The lowest BCUT2D eigenvalue weighted by Gasteiger charge is -2.26. The normalized spacial score (nSPS) is 22.1. The molecule has 0 bridgehead atoms. The molecule has 2 atom stereocenters. The maximum atomic E-state index is 12.1. The molecule has 0 radical (unpaired) electrons. The molecule has 6 heteroatoms. The molecular weight excluding hydrogens is 258 g/mol. The maximum absolute atomic E-state index is 12.1. The fraction of sp³-hybridized carbons (Fsp3) is 0.357. The molecule has 0 amide bonds. The smallest absolute Gasteiger partial charge is 0.336 e. The zero-order chi connectivity index (χ0) is 14.7. The first-order valence-corrected chi connectivity index (χ1v) is 6.25. The average molecular weight is 273 g/mol. The number of allylic oxidation sites excluding steroid dienone is 1. The summed E-state index contributed by atoms with van der Waals surface area (Å²) < 4.78 is 10.4. The molecule has 0 aliphatic carbocycles. The van der Waals surface area contributed by atoms with Crippen LogP contribution in [0.1, 0.15) is 25.5 Å². The van der Waals surface area contributed by atoms with Gasteiger partial charge in [0.15, 0.2) is 0 Å². The van der Waals surface area contributed by atoms with E-state index in [9.17, 15) is 10.1 Å². The first-order valence-electron chi connectivity index (χ1n) is 6.25. The van der Waals surface area contributed by atoms with Crippen LogP contribution in [0, 0.1) is 17.2 Å². The Morgan fingerprint density at radius 3 is 2.95 bits per heavy atom. The molecule has 20 heavy (non-hydrogen) atoms. The number of hydrogen-bond donors (Lipinski definition) is 1. The predicted octanol–water partition coefficient (Wildman–Crippen LogP) is 1.71. The van der Waals surface area contributed by atoms with Crippen LogP contribution >= 0.6 is 0 Å². The number of ether oxygens (including phenoxy) is 1. The highest BCUT2D eigenvalue weighted by molar-refractivity contribution is 5.97. The van der Waals surface area contributed by atoms with Crippen molar-refractivity contribution in [2.75, 3.05) is 6.61 Å². The van der Waals surface area contributed by atoms with Crippen molar-refractivity contribution in [2.24, 2.45) is 16.6 Å². The Balaban J connectivity index is 2.55. The average Bonchev–Trinajstić information content (AvgIpc) is 2.91. The quantitative estimate of drug-likeness (QED) is 0.845. The van der Waals surface area contributed by atoms with Crippen LogP contribution in [-0.2, 0) is 9.53 Å². The van der Waals surface area contributed by atoms with Crippen LogP contribution in [0.2, 0.25) is 0 Å². The van der Waals surface area contributed by atoms with Crippen molar-refractivity contribution < 1.29 is 13.9 Å². The van der Waals surface area contributed by atoms with Crippen LogP contribution in [0.5, 0.6) is 0 Å². The predicted molar refractivity (Wildman–Crippen MR) is 71.5 cm³/mol. The van der Waals surface area contributed by atoms with Gasteiger partial charge in [-0.1, -0.05) is 0 Å². The van der Waals surface area contributed by atoms with Crippen molar-refractivity contribution >= 4 is 11.8 Å². The lowest BCUT2D eigenvalue weighted by Crippen LogP contribution is -2.34. The molecule has 1 aromatic rings. The number of furan rings is 1. The summed E-state index contributed by atoms with van der Waals surface area (Å²) in [6, 6.07) is 5.49. The molecule has 0 saturated heterocycles. The lowest BCUT2D eigenvalue weighted by atomic mass is 9.81.